The average Bonchev–Trinajstić information content (AvgIpc) is 3.07. The number of amides is 1. The lowest BCUT2D eigenvalue weighted by Gasteiger charge is -2.26. The summed E-state index contributed by atoms with van der Waals surface area (Å²) in [7, 11) is 0. The molecule has 1 N–H and O–H groups in total. The Bertz CT molecular complexity index is 528. The zero-order chi connectivity index (χ0) is 15.4. The quantitative estimate of drug-likeness (QED) is 0.916. The second-order valence-electron chi connectivity index (χ2n) is 5.85. The Hall–Kier alpha value is -1.40. The molecule has 0 radical (unpaired) electrons. The van der Waals surface area contributed by atoms with Gasteiger partial charge in [-0.15, -0.1) is 0 Å². The van der Waals surface area contributed by atoms with E-state index >= 15 is 0 Å². The van der Waals surface area contributed by atoms with Gasteiger partial charge in [-0.2, -0.15) is 0 Å². The number of carbonyl (C=O) groups excluding carboxylic acids is 1. The van der Waals surface area contributed by atoms with Gasteiger partial charge in [-0.25, -0.2) is 9.97 Å². The van der Waals surface area contributed by atoms with E-state index in [1.54, 1.807) is 0 Å². The molecule has 0 aromatic carbocycles. The Morgan fingerprint density at radius 1 is 1.41 bits per heavy atom. The van der Waals surface area contributed by atoms with E-state index in [1.165, 1.54) is 12.6 Å². The number of nitrogens with one attached hydrogen (secondary N) is 1. The molecule has 120 valence electrons. The highest BCUT2D eigenvalue weighted by Crippen LogP contribution is 2.20. The number of nitrogens with zero attached hydrogens (tertiary/aromatic N) is 3. The molecule has 0 spiro atoms. The van der Waals surface area contributed by atoms with E-state index < -0.39 is 0 Å². The normalized spacial score (nSPS) is 21.9. The van der Waals surface area contributed by atoms with Gasteiger partial charge in [0, 0.05) is 32.2 Å². The van der Waals surface area contributed by atoms with Crippen molar-refractivity contribution in [3.8, 4) is 0 Å². The number of carbonyl (C=O) groups is 1. The molecule has 1 atom stereocenters. The second kappa shape index (κ2) is 7.24. The van der Waals surface area contributed by atoms with Crippen LogP contribution in [0.2, 0.25) is 5.02 Å². The molecule has 0 aliphatic carbocycles. The van der Waals surface area contributed by atoms with E-state index in [0.29, 0.717) is 30.0 Å². The standard InChI is InChI=1S/C15H21ClN4O2/c16-12-9-18-15(20-5-2-1-3-6-20)19-13(12)14(21)17-8-11-4-7-22-10-11/h9,11H,1-8,10H2,(H,17,21). The van der Waals surface area contributed by atoms with Crippen LogP contribution in [0.3, 0.4) is 0 Å². The fraction of sp³-hybridized carbons (Fsp3) is 0.667. The lowest BCUT2D eigenvalue weighted by atomic mass is 10.1. The molecule has 0 bridgehead atoms. The molecule has 3 heterocycles. The molecule has 2 saturated heterocycles. The molecule has 2 aliphatic heterocycles. The monoisotopic (exact) mass is 324 g/mol. The van der Waals surface area contributed by atoms with Gasteiger partial charge in [-0.05, 0) is 25.7 Å². The van der Waals surface area contributed by atoms with Gasteiger partial charge in [-0.3, -0.25) is 4.79 Å². The number of hydrogen-bond acceptors (Lipinski definition) is 5. The summed E-state index contributed by atoms with van der Waals surface area (Å²) < 4.78 is 5.31. The van der Waals surface area contributed by atoms with Gasteiger partial charge in [0.05, 0.1) is 17.8 Å². The molecule has 2 aliphatic rings. The fourth-order valence-corrected chi connectivity index (χ4v) is 3.01. The predicted octanol–water partition coefficient (Wildman–Crippen LogP) is 1.89. The Kier molecular flexibility index (Phi) is 5.10. The first-order chi connectivity index (χ1) is 10.7. The Balaban J connectivity index is 1.66. The average molecular weight is 325 g/mol. The van der Waals surface area contributed by atoms with E-state index in [9.17, 15) is 4.79 Å². The van der Waals surface area contributed by atoms with Crippen molar-refractivity contribution in [2.45, 2.75) is 25.7 Å². The maximum absolute atomic E-state index is 12.3. The summed E-state index contributed by atoms with van der Waals surface area (Å²) in [5.74, 6) is 0.738. The number of aromatic nitrogens is 2. The van der Waals surface area contributed by atoms with Crippen molar-refractivity contribution in [3.63, 3.8) is 0 Å². The second-order valence-corrected chi connectivity index (χ2v) is 6.26. The molecule has 2 fully saturated rings. The maximum Gasteiger partial charge on any atom is 0.271 e. The van der Waals surface area contributed by atoms with Crippen molar-refractivity contribution in [1.82, 2.24) is 15.3 Å². The molecular weight excluding hydrogens is 304 g/mol. The summed E-state index contributed by atoms with van der Waals surface area (Å²) in [5, 5.41) is 3.19. The van der Waals surface area contributed by atoms with Crippen LogP contribution in [-0.4, -0.2) is 48.7 Å². The van der Waals surface area contributed by atoms with Gasteiger partial charge >= 0.3 is 0 Å². The van der Waals surface area contributed by atoms with Crippen LogP contribution in [0.4, 0.5) is 5.95 Å². The lowest BCUT2D eigenvalue weighted by Crippen LogP contribution is -2.33. The summed E-state index contributed by atoms with van der Waals surface area (Å²) in [5.41, 5.74) is 0.260. The summed E-state index contributed by atoms with van der Waals surface area (Å²) in [6.07, 6.45) is 6.01. The largest absolute Gasteiger partial charge is 0.381 e. The maximum atomic E-state index is 12.3. The predicted molar refractivity (Wildman–Crippen MR) is 84.4 cm³/mol. The van der Waals surface area contributed by atoms with E-state index in [1.807, 2.05) is 0 Å². The first-order valence-corrected chi connectivity index (χ1v) is 8.25. The summed E-state index contributed by atoms with van der Waals surface area (Å²) in [4.78, 5) is 23.1. The first-order valence-electron chi connectivity index (χ1n) is 7.87. The van der Waals surface area contributed by atoms with E-state index in [-0.39, 0.29) is 11.6 Å². The molecular formula is C15H21ClN4O2. The third-order valence-corrected chi connectivity index (χ3v) is 4.44. The van der Waals surface area contributed by atoms with Crippen LogP contribution in [0.5, 0.6) is 0 Å². The van der Waals surface area contributed by atoms with Crippen LogP contribution in [0.1, 0.15) is 36.2 Å². The van der Waals surface area contributed by atoms with Crippen LogP contribution >= 0.6 is 11.6 Å². The third kappa shape index (κ3) is 3.67. The van der Waals surface area contributed by atoms with Gasteiger partial charge < -0.3 is 15.0 Å². The zero-order valence-electron chi connectivity index (χ0n) is 12.6. The third-order valence-electron chi connectivity index (χ3n) is 4.16. The summed E-state index contributed by atoms with van der Waals surface area (Å²) in [6.45, 7) is 3.94. The molecule has 1 unspecified atom stereocenters. The highest BCUT2D eigenvalue weighted by molar-refractivity contribution is 6.33. The Morgan fingerprint density at radius 3 is 2.95 bits per heavy atom. The van der Waals surface area contributed by atoms with E-state index in [2.05, 4.69) is 20.2 Å². The Morgan fingerprint density at radius 2 is 2.23 bits per heavy atom. The number of anilines is 1. The minimum Gasteiger partial charge on any atom is -0.381 e. The van der Waals surface area contributed by atoms with Crippen LogP contribution in [0.25, 0.3) is 0 Å². The van der Waals surface area contributed by atoms with Gasteiger partial charge in [0.25, 0.3) is 5.91 Å². The Labute approximate surface area is 135 Å². The first kappa shape index (κ1) is 15.5. The number of piperidine rings is 1. The SMILES string of the molecule is O=C(NCC1CCOC1)c1nc(N2CCCCC2)ncc1Cl. The van der Waals surface area contributed by atoms with Crippen molar-refractivity contribution in [1.29, 1.82) is 0 Å². The topological polar surface area (TPSA) is 67.3 Å². The van der Waals surface area contributed by atoms with Crippen molar-refractivity contribution in [3.05, 3.63) is 16.9 Å². The van der Waals surface area contributed by atoms with E-state index in [4.69, 9.17) is 16.3 Å². The number of ether oxygens (including phenoxy) is 1. The minimum atomic E-state index is -0.238. The number of hydrogen-bond donors (Lipinski definition) is 1. The molecule has 1 aromatic heterocycles. The van der Waals surface area contributed by atoms with Gasteiger partial charge in [0.15, 0.2) is 5.69 Å². The van der Waals surface area contributed by atoms with E-state index in [0.717, 1.165) is 39.0 Å². The lowest BCUT2D eigenvalue weighted by molar-refractivity contribution is 0.0940. The summed E-state index contributed by atoms with van der Waals surface area (Å²) >= 11 is 6.10. The highest BCUT2D eigenvalue weighted by Gasteiger charge is 2.21. The van der Waals surface area contributed by atoms with Crippen molar-refractivity contribution in [2.24, 2.45) is 5.92 Å². The van der Waals surface area contributed by atoms with Crippen molar-refractivity contribution in [2.75, 3.05) is 37.7 Å². The van der Waals surface area contributed by atoms with Crippen molar-refractivity contribution < 1.29 is 9.53 Å². The number of halogens is 1. The molecule has 0 saturated carbocycles. The minimum absolute atomic E-state index is 0.238. The molecule has 1 aromatic rings. The van der Waals surface area contributed by atoms with Crippen molar-refractivity contribution >= 4 is 23.5 Å². The molecule has 6 nitrogen and oxygen atoms in total. The van der Waals surface area contributed by atoms with Crippen LogP contribution < -0.4 is 10.2 Å². The van der Waals surface area contributed by atoms with Crippen LogP contribution in [0, 0.1) is 5.92 Å². The molecule has 3 rings (SSSR count). The van der Waals surface area contributed by atoms with Gasteiger partial charge in [-0.1, -0.05) is 11.6 Å². The van der Waals surface area contributed by atoms with Crippen LogP contribution in [-0.2, 0) is 4.74 Å². The highest BCUT2D eigenvalue weighted by atomic mass is 35.5. The van der Waals surface area contributed by atoms with Gasteiger partial charge in [0.1, 0.15) is 0 Å². The van der Waals surface area contributed by atoms with Crippen LogP contribution in [0.15, 0.2) is 6.20 Å². The fourth-order valence-electron chi connectivity index (χ4n) is 2.83. The summed E-state index contributed by atoms with van der Waals surface area (Å²) in [6, 6.07) is 0. The molecule has 7 heteroatoms. The number of rotatable bonds is 4. The smallest absolute Gasteiger partial charge is 0.271 e. The zero-order valence-corrected chi connectivity index (χ0v) is 13.3. The van der Waals surface area contributed by atoms with Gasteiger partial charge in [0.2, 0.25) is 5.95 Å². The molecule has 1 amide bonds. The molecule has 22 heavy (non-hydrogen) atoms.